The van der Waals surface area contributed by atoms with Crippen molar-refractivity contribution in [1.82, 2.24) is 0 Å². The molecule has 0 aliphatic rings. The van der Waals surface area contributed by atoms with Gasteiger partial charge in [0.2, 0.25) is 5.91 Å². The van der Waals surface area contributed by atoms with Crippen molar-refractivity contribution >= 4 is 12.2 Å². The van der Waals surface area contributed by atoms with E-state index < -0.39 is 23.9 Å². The number of carbonyl (C=O) groups is 2. The summed E-state index contributed by atoms with van der Waals surface area (Å²) in [6.07, 6.45) is -3.17. The van der Waals surface area contributed by atoms with Gasteiger partial charge in [-0.2, -0.15) is 0 Å². The largest absolute Gasteiger partial charge is 0.504 e. The molecule has 0 fully saturated rings. The van der Waals surface area contributed by atoms with Crippen LogP contribution in [0.15, 0.2) is 12.1 Å². The van der Waals surface area contributed by atoms with Crippen molar-refractivity contribution in [2.75, 3.05) is 6.61 Å². The molecule has 5 N–H and O–H groups in total. The lowest BCUT2D eigenvalue weighted by Crippen LogP contribution is -2.34. The number of aliphatic hydroxyl groups excluding tert-OH is 2. The van der Waals surface area contributed by atoms with Crippen molar-refractivity contribution in [1.29, 1.82) is 0 Å². The fourth-order valence-electron chi connectivity index (χ4n) is 1.54. The topological polar surface area (TPSA) is 130 Å². The number of primary amides is 1. The van der Waals surface area contributed by atoms with Crippen molar-refractivity contribution in [2.24, 2.45) is 5.73 Å². The number of phenols is 1. The quantitative estimate of drug-likeness (QED) is 0.514. The average Bonchev–Trinajstić information content (AvgIpc) is 2.39. The molecule has 2 unspecified atom stereocenters. The van der Waals surface area contributed by atoms with Gasteiger partial charge >= 0.3 is 0 Å². The van der Waals surface area contributed by atoms with Gasteiger partial charge in [-0.1, -0.05) is 0 Å². The number of carbonyl (C=O) groups excluding carboxylic acids is 2. The monoisotopic (exact) mass is 269 g/mol. The Morgan fingerprint density at radius 1 is 1.47 bits per heavy atom. The lowest BCUT2D eigenvalue weighted by Gasteiger charge is -2.18. The van der Waals surface area contributed by atoms with Crippen LogP contribution >= 0.6 is 0 Å². The number of ether oxygens (including phenoxy) is 1. The molecular formula is C12H15NO6. The maximum atomic E-state index is 10.8. The maximum Gasteiger partial charge on any atom is 0.249 e. The Morgan fingerprint density at radius 3 is 2.58 bits per heavy atom. The summed E-state index contributed by atoms with van der Waals surface area (Å²) in [7, 11) is 0. The molecule has 104 valence electrons. The SMILES string of the molecule is CCOc1cc(C=O)cc(C(O)C(O)C(N)=O)c1O. The summed E-state index contributed by atoms with van der Waals surface area (Å²) in [6.45, 7) is 1.89. The van der Waals surface area contributed by atoms with Crippen molar-refractivity contribution in [3.8, 4) is 11.5 Å². The van der Waals surface area contributed by atoms with Gasteiger partial charge in [-0.15, -0.1) is 0 Å². The first-order valence-corrected chi connectivity index (χ1v) is 5.52. The highest BCUT2D eigenvalue weighted by atomic mass is 16.5. The summed E-state index contributed by atoms with van der Waals surface area (Å²) in [5.41, 5.74) is 4.77. The van der Waals surface area contributed by atoms with Crippen LogP contribution in [0.4, 0.5) is 0 Å². The van der Waals surface area contributed by atoms with Crippen molar-refractivity contribution in [3.05, 3.63) is 23.3 Å². The summed E-state index contributed by atoms with van der Waals surface area (Å²) in [5.74, 6) is -1.64. The molecular weight excluding hydrogens is 254 g/mol. The van der Waals surface area contributed by atoms with Crippen LogP contribution in [0.25, 0.3) is 0 Å². The third kappa shape index (κ3) is 3.21. The van der Waals surface area contributed by atoms with E-state index in [1.807, 2.05) is 0 Å². The van der Waals surface area contributed by atoms with Gasteiger partial charge in [0, 0.05) is 11.1 Å². The fourth-order valence-corrected chi connectivity index (χ4v) is 1.54. The minimum absolute atomic E-state index is 0.0298. The number of phenolic OH excluding ortho intramolecular Hbond substituents is 1. The highest BCUT2D eigenvalue weighted by Gasteiger charge is 2.27. The Kier molecular flexibility index (Phi) is 4.85. The molecule has 0 bridgehead atoms. The molecule has 7 nitrogen and oxygen atoms in total. The van der Waals surface area contributed by atoms with E-state index in [-0.39, 0.29) is 23.5 Å². The summed E-state index contributed by atoms with van der Waals surface area (Å²) in [6, 6.07) is 2.42. The first kappa shape index (κ1) is 14.9. The summed E-state index contributed by atoms with van der Waals surface area (Å²) < 4.78 is 5.09. The Balaban J connectivity index is 3.28. The van der Waals surface area contributed by atoms with Gasteiger partial charge in [-0.3, -0.25) is 9.59 Å². The Morgan fingerprint density at radius 2 is 2.11 bits per heavy atom. The second-order valence-corrected chi connectivity index (χ2v) is 3.80. The van der Waals surface area contributed by atoms with E-state index in [4.69, 9.17) is 10.5 Å². The number of hydrogen-bond acceptors (Lipinski definition) is 6. The maximum absolute atomic E-state index is 10.8. The number of rotatable bonds is 6. The van der Waals surface area contributed by atoms with E-state index in [0.29, 0.717) is 6.29 Å². The lowest BCUT2D eigenvalue weighted by atomic mass is 10.00. The average molecular weight is 269 g/mol. The van der Waals surface area contributed by atoms with Crippen LogP contribution in [0, 0.1) is 0 Å². The molecule has 7 heteroatoms. The Bertz CT molecular complexity index is 487. The minimum atomic E-state index is -1.90. The number of amides is 1. The van der Waals surface area contributed by atoms with Crippen molar-refractivity contribution in [3.63, 3.8) is 0 Å². The summed E-state index contributed by atoms with van der Waals surface area (Å²) in [4.78, 5) is 21.6. The van der Waals surface area contributed by atoms with Crippen LogP contribution in [0.2, 0.25) is 0 Å². The van der Waals surface area contributed by atoms with Gasteiger partial charge in [-0.05, 0) is 19.1 Å². The van der Waals surface area contributed by atoms with Gasteiger partial charge in [0.25, 0.3) is 0 Å². The molecule has 1 aromatic rings. The van der Waals surface area contributed by atoms with Crippen LogP contribution in [0.1, 0.15) is 28.9 Å². The van der Waals surface area contributed by atoms with E-state index in [1.165, 1.54) is 6.07 Å². The first-order valence-electron chi connectivity index (χ1n) is 5.52. The zero-order chi connectivity index (χ0) is 14.6. The van der Waals surface area contributed by atoms with Gasteiger partial charge < -0.3 is 25.8 Å². The first-order chi connectivity index (χ1) is 8.92. The molecule has 0 spiro atoms. The lowest BCUT2D eigenvalue weighted by molar-refractivity contribution is -0.132. The highest BCUT2D eigenvalue weighted by molar-refractivity contribution is 5.81. The molecule has 0 aromatic heterocycles. The predicted molar refractivity (Wildman–Crippen MR) is 64.8 cm³/mol. The molecule has 0 radical (unpaired) electrons. The number of nitrogens with two attached hydrogens (primary N) is 1. The molecule has 19 heavy (non-hydrogen) atoms. The van der Waals surface area contributed by atoms with Crippen LogP contribution < -0.4 is 10.5 Å². The van der Waals surface area contributed by atoms with Gasteiger partial charge in [0.1, 0.15) is 12.4 Å². The van der Waals surface area contributed by atoms with E-state index in [2.05, 4.69) is 0 Å². The molecule has 2 atom stereocenters. The third-order valence-electron chi connectivity index (χ3n) is 2.47. The smallest absolute Gasteiger partial charge is 0.249 e. The van der Waals surface area contributed by atoms with Gasteiger partial charge in [0.15, 0.2) is 17.6 Å². The molecule has 1 amide bonds. The molecule has 1 aromatic carbocycles. The molecule has 0 aliphatic carbocycles. The molecule has 0 aliphatic heterocycles. The van der Waals surface area contributed by atoms with Gasteiger partial charge in [0.05, 0.1) is 6.61 Å². The van der Waals surface area contributed by atoms with E-state index in [1.54, 1.807) is 6.92 Å². The van der Waals surface area contributed by atoms with E-state index in [0.717, 1.165) is 6.07 Å². The number of hydrogen-bond donors (Lipinski definition) is 4. The molecule has 1 rings (SSSR count). The number of aldehydes is 1. The molecule has 0 heterocycles. The zero-order valence-corrected chi connectivity index (χ0v) is 10.2. The normalized spacial score (nSPS) is 13.6. The summed E-state index contributed by atoms with van der Waals surface area (Å²) >= 11 is 0. The van der Waals surface area contributed by atoms with E-state index >= 15 is 0 Å². The van der Waals surface area contributed by atoms with E-state index in [9.17, 15) is 24.9 Å². The van der Waals surface area contributed by atoms with Crippen LogP contribution in [-0.2, 0) is 4.79 Å². The van der Waals surface area contributed by atoms with Crippen LogP contribution in [-0.4, -0.2) is 40.2 Å². The standard InChI is InChI=1S/C12H15NO6/c1-2-19-8-4-6(5-14)3-7(9(8)15)10(16)11(17)12(13)18/h3-5,10-11,15-17H,2H2,1H3,(H2,13,18). The number of aliphatic hydroxyl groups is 2. The molecule has 0 saturated heterocycles. The minimum Gasteiger partial charge on any atom is -0.504 e. The third-order valence-corrected chi connectivity index (χ3v) is 2.47. The summed E-state index contributed by atoms with van der Waals surface area (Å²) in [5, 5.41) is 29.0. The predicted octanol–water partition coefficient (Wildman–Crippen LogP) is -0.517. The van der Waals surface area contributed by atoms with Crippen LogP contribution in [0.3, 0.4) is 0 Å². The van der Waals surface area contributed by atoms with Gasteiger partial charge in [-0.25, -0.2) is 0 Å². The second-order valence-electron chi connectivity index (χ2n) is 3.80. The van der Waals surface area contributed by atoms with Crippen molar-refractivity contribution in [2.45, 2.75) is 19.1 Å². The zero-order valence-electron chi connectivity index (χ0n) is 10.2. The van der Waals surface area contributed by atoms with Crippen molar-refractivity contribution < 1.29 is 29.6 Å². The van der Waals surface area contributed by atoms with Crippen LogP contribution in [0.5, 0.6) is 11.5 Å². The number of benzene rings is 1. The fraction of sp³-hybridized carbons (Fsp3) is 0.333. The Hall–Kier alpha value is -2.12. The molecule has 0 saturated carbocycles. The highest BCUT2D eigenvalue weighted by Crippen LogP contribution is 2.36. The second kappa shape index (κ2) is 6.17. The Labute approximate surface area is 109 Å². The number of aromatic hydroxyl groups is 1.